The number of aromatic nitrogens is 1. The fraction of sp³-hybridized carbons (Fsp3) is 0.500. The number of rotatable bonds is 8. The van der Waals surface area contributed by atoms with Gasteiger partial charge in [0.25, 0.3) is 0 Å². The second kappa shape index (κ2) is 12.2. The monoisotopic (exact) mass is 502 g/mol. The highest BCUT2D eigenvalue weighted by molar-refractivity contribution is 14.0. The fourth-order valence-electron chi connectivity index (χ4n) is 2.83. The number of ether oxygens (including phenoxy) is 1. The normalized spacial score (nSPS) is 12.3. The Bertz CT molecular complexity index is 715. The Labute approximate surface area is 184 Å². The van der Waals surface area contributed by atoms with E-state index in [4.69, 9.17) is 4.74 Å². The van der Waals surface area contributed by atoms with Crippen molar-refractivity contribution in [2.24, 2.45) is 4.99 Å². The van der Waals surface area contributed by atoms with E-state index in [-0.39, 0.29) is 24.0 Å². The van der Waals surface area contributed by atoms with Crippen LogP contribution in [0.2, 0.25) is 0 Å². The maximum absolute atomic E-state index is 5.21. The van der Waals surface area contributed by atoms with E-state index in [1.165, 1.54) is 10.4 Å². The lowest BCUT2D eigenvalue weighted by Gasteiger charge is -2.15. The molecule has 2 rings (SSSR count). The van der Waals surface area contributed by atoms with E-state index in [0.717, 1.165) is 48.3 Å². The molecule has 0 aliphatic heterocycles. The first-order chi connectivity index (χ1) is 12.5. The van der Waals surface area contributed by atoms with Gasteiger partial charge in [-0.1, -0.05) is 19.1 Å². The van der Waals surface area contributed by atoms with Crippen LogP contribution in [0.5, 0.6) is 5.75 Å². The molecule has 1 unspecified atom stereocenters. The van der Waals surface area contributed by atoms with Gasteiger partial charge in [0.15, 0.2) is 5.96 Å². The molecule has 0 fully saturated rings. The lowest BCUT2D eigenvalue weighted by atomic mass is 9.98. The van der Waals surface area contributed by atoms with Crippen molar-refractivity contribution in [1.29, 1.82) is 0 Å². The maximum atomic E-state index is 5.21. The van der Waals surface area contributed by atoms with Gasteiger partial charge < -0.3 is 15.4 Å². The van der Waals surface area contributed by atoms with E-state index in [1.54, 1.807) is 18.4 Å². The van der Waals surface area contributed by atoms with E-state index in [9.17, 15) is 0 Å². The minimum absolute atomic E-state index is 0. The van der Waals surface area contributed by atoms with Gasteiger partial charge in [0.05, 0.1) is 17.8 Å². The second-order valence-electron chi connectivity index (χ2n) is 6.38. The van der Waals surface area contributed by atoms with E-state index < -0.39 is 0 Å². The first-order valence-corrected chi connectivity index (χ1v) is 9.86. The van der Waals surface area contributed by atoms with Crippen LogP contribution in [0.15, 0.2) is 29.3 Å². The molecule has 0 radical (unpaired) electrons. The Balaban J connectivity index is 0.00000364. The quantitative estimate of drug-likeness (QED) is 0.321. The molecule has 0 bridgehead atoms. The zero-order valence-corrected chi connectivity index (χ0v) is 20.0. The third-order valence-corrected chi connectivity index (χ3v) is 5.55. The molecule has 0 saturated carbocycles. The number of benzene rings is 1. The molecule has 0 aliphatic carbocycles. The summed E-state index contributed by atoms with van der Waals surface area (Å²) in [6.07, 6.45) is 2.01. The first-order valence-electron chi connectivity index (χ1n) is 9.04. The van der Waals surface area contributed by atoms with Crippen molar-refractivity contribution in [2.45, 2.75) is 39.5 Å². The Morgan fingerprint density at radius 2 is 1.85 bits per heavy atom. The Morgan fingerprint density at radius 1 is 1.19 bits per heavy atom. The van der Waals surface area contributed by atoms with Gasteiger partial charge in [-0.15, -0.1) is 35.3 Å². The fourth-order valence-corrected chi connectivity index (χ4v) is 3.76. The number of aliphatic imine (C=N–C) groups is 1. The van der Waals surface area contributed by atoms with E-state index in [0.29, 0.717) is 5.92 Å². The van der Waals surface area contributed by atoms with Crippen LogP contribution in [0.3, 0.4) is 0 Å². The van der Waals surface area contributed by atoms with E-state index in [1.807, 2.05) is 19.2 Å². The van der Waals surface area contributed by atoms with Gasteiger partial charge in [0, 0.05) is 31.4 Å². The average Bonchev–Trinajstić information content (AvgIpc) is 2.97. The van der Waals surface area contributed by atoms with Gasteiger partial charge in [-0.2, -0.15) is 0 Å². The van der Waals surface area contributed by atoms with Crippen LogP contribution < -0.4 is 15.4 Å². The van der Waals surface area contributed by atoms with Crippen LogP contribution in [0, 0.1) is 13.8 Å². The molecule has 27 heavy (non-hydrogen) atoms. The summed E-state index contributed by atoms with van der Waals surface area (Å²) in [4.78, 5) is 10.1. The molecule has 0 amide bonds. The summed E-state index contributed by atoms with van der Waals surface area (Å²) in [7, 11) is 3.50. The maximum Gasteiger partial charge on any atom is 0.190 e. The highest BCUT2D eigenvalue weighted by atomic mass is 127. The Morgan fingerprint density at radius 3 is 2.41 bits per heavy atom. The van der Waals surface area contributed by atoms with Crippen LogP contribution in [-0.2, 0) is 6.42 Å². The molecule has 5 nitrogen and oxygen atoms in total. The zero-order chi connectivity index (χ0) is 18.9. The van der Waals surface area contributed by atoms with Crippen molar-refractivity contribution >= 4 is 41.3 Å². The summed E-state index contributed by atoms with van der Waals surface area (Å²) in [5.41, 5.74) is 2.47. The Hall–Kier alpha value is -1.35. The molecule has 2 aromatic rings. The average molecular weight is 502 g/mol. The molecule has 2 N–H and O–H groups in total. The Kier molecular flexibility index (Phi) is 10.7. The zero-order valence-electron chi connectivity index (χ0n) is 16.8. The molecule has 1 heterocycles. The van der Waals surface area contributed by atoms with Crippen molar-refractivity contribution in [1.82, 2.24) is 15.6 Å². The first kappa shape index (κ1) is 23.7. The van der Waals surface area contributed by atoms with Crippen molar-refractivity contribution in [2.75, 3.05) is 27.2 Å². The molecule has 0 spiro atoms. The number of hydrogen-bond acceptors (Lipinski definition) is 4. The largest absolute Gasteiger partial charge is 0.497 e. The minimum atomic E-state index is 0. The van der Waals surface area contributed by atoms with Gasteiger partial charge in [-0.3, -0.25) is 4.99 Å². The van der Waals surface area contributed by atoms with Crippen LogP contribution in [0.4, 0.5) is 0 Å². The summed E-state index contributed by atoms with van der Waals surface area (Å²) < 4.78 is 5.21. The van der Waals surface area contributed by atoms with Gasteiger partial charge in [0.2, 0.25) is 0 Å². The number of guanidine groups is 1. The van der Waals surface area contributed by atoms with Gasteiger partial charge in [0.1, 0.15) is 5.75 Å². The number of methoxy groups -OCH3 is 1. The van der Waals surface area contributed by atoms with E-state index in [2.05, 4.69) is 53.5 Å². The highest BCUT2D eigenvalue weighted by Gasteiger charge is 2.07. The van der Waals surface area contributed by atoms with Crippen molar-refractivity contribution < 1.29 is 4.74 Å². The SMILES string of the molecule is CN=C(NCCc1sc(C)nc1C)NCCC(C)c1ccc(OC)cc1.I. The standard InChI is InChI=1S/C20H30N4OS.HI/c1-14(17-6-8-18(25-5)9-7-17)10-12-22-20(21-4)23-13-11-19-15(2)24-16(3)26-19;/h6-9,14H,10-13H2,1-5H3,(H2,21,22,23);1H. The number of halogens is 1. The number of hydrogen-bond donors (Lipinski definition) is 2. The number of nitrogens with zero attached hydrogens (tertiary/aromatic N) is 2. The number of aryl methyl sites for hydroxylation is 2. The van der Waals surface area contributed by atoms with Crippen molar-refractivity contribution in [3.63, 3.8) is 0 Å². The summed E-state index contributed by atoms with van der Waals surface area (Å²) >= 11 is 1.78. The predicted molar refractivity (Wildman–Crippen MR) is 126 cm³/mol. The third kappa shape index (κ3) is 7.65. The molecule has 1 aromatic heterocycles. The van der Waals surface area contributed by atoms with Crippen LogP contribution in [0.1, 0.15) is 40.4 Å². The van der Waals surface area contributed by atoms with Gasteiger partial charge in [-0.05, 0) is 43.9 Å². The molecule has 1 aromatic carbocycles. The molecule has 1 atom stereocenters. The number of nitrogens with one attached hydrogen (secondary N) is 2. The molecular weight excluding hydrogens is 471 g/mol. The topological polar surface area (TPSA) is 58.5 Å². The number of thiazole rings is 1. The second-order valence-corrected chi connectivity index (χ2v) is 7.67. The highest BCUT2D eigenvalue weighted by Crippen LogP contribution is 2.21. The van der Waals surface area contributed by atoms with Crippen LogP contribution in [0.25, 0.3) is 0 Å². The van der Waals surface area contributed by atoms with Crippen LogP contribution >= 0.6 is 35.3 Å². The smallest absolute Gasteiger partial charge is 0.190 e. The third-order valence-electron chi connectivity index (χ3n) is 4.42. The lowest BCUT2D eigenvalue weighted by molar-refractivity contribution is 0.414. The summed E-state index contributed by atoms with van der Waals surface area (Å²) in [5, 5.41) is 7.92. The minimum Gasteiger partial charge on any atom is -0.497 e. The van der Waals surface area contributed by atoms with Crippen LogP contribution in [-0.4, -0.2) is 38.2 Å². The summed E-state index contributed by atoms with van der Waals surface area (Å²) in [6, 6.07) is 8.30. The summed E-state index contributed by atoms with van der Waals surface area (Å²) in [6.45, 7) is 8.11. The van der Waals surface area contributed by atoms with Gasteiger partial charge in [-0.25, -0.2) is 4.98 Å². The van der Waals surface area contributed by atoms with Crippen molar-refractivity contribution in [3.8, 4) is 5.75 Å². The summed E-state index contributed by atoms with van der Waals surface area (Å²) in [5.74, 6) is 2.23. The lowest BCUT2D eigenvalue weighted by Crippen LogP contribution is -2.39. The molecule has 0 saturated heterocycles. The predicted octanol–water partition coefficient (Wildman–Crippen LogP) is 4.29. The molecule has 0 aliphatic rings. The molecule has 7 heteroatoms. The van der Waals surface area contributed by atoms with E-state index >= 15 is 0 Å². The van der Waals surface area contributed by atoms with Crippen molar-refractivity contribution in [3.05, 3.63) is 45.4 Å². The molecule has 150 valence electrons. The van der Waals surface area contributed by atoms with Gasteiger partial charge >= 0.3 is 0 Å². The molecular formula is C20H31IN4OS.